The number of aliphatic hydroxyl groups excluding tert-OH is 1. The summed E-state index contributed by atoms with van der Waals surface area (Å²) in [6.07, 6.45) is 0.947. The number of urea groups is 1. The molecule has 136 valence electrons. The van der Waals surface area contributed by atoms with Crippen molar-refractivity contribution in [2.24, 2.45) is 11.8 Å². The number of aliphatic hydroxyl groups is 1. The lowest BCUT2D eigenvalue weighted by molar-refractivity contribution is -0.126. The molecule has 2 aliphatic rings. The number of nitrogens with zero attached hydrogens (tertiary/aromatic N) is 1. The Kier molecular flexibility index (Phi) is 5.88. The van der Waals surface area contributed by atoms with Gasteiger partial charge in [-0.2, -0.15) is 0 Å². The maximum Gasteiger partial charge on any atom is 0.321 e. The SMILES string of the molecule is O=C(NCC1CNCC1O)C1CCN(C(=O)Nc2ccccc2)CC1. The average Bonchev–Trinajstić information content (AvgIpc) is 3.05. The largest absolute Gasteiger partial charge is 0.391 e. The number of carbonyl (C=O) groups is 2. The van der Waals surface area contributed by atoms with Crippen molar-refractivity contribution in [2.45, 2.75) is 18.9 Å². The highest BCUT2D eigenvalue weighted by molar-refractivity contribution is 5.89. The molecule has 7 nitrogen and oxygen atoms in total. The van der Waals surface area contributed by atoms with Crippen molar-refractivity contribution in [1.82, 2.24) is 15.5 Å². The van der Waals surface area contributed by atoms with E-state index in [-0.39, 0.29) is 29.9 Å². The molecule has 0 bridgehead atoms. The Morgan fingerprint density at radius 3 is 2.52 bits per heavy atom. The Bertz CT molecular complexity index is 587. The minimum atomic E-state index is -0.385. The van der Waals surface area contributed by atoms with Crippen molar-refractivity contribution in [1.29, 1.82) is 0 Å². The first-order valence-corrected chi connectivity index (χ1v) is 8.91. The molecule has 1 aromatic rings. The molecule has 2 fully saturated rings. The molecule has 25 heavy (non-hydrogen) atoms. The topological polar surface area (TPSA) is 93.7 Å². The number of β-amino-alcohol motifs (C(OH)–C–C–N with tert-alkyl or cyclic N) is 1. The summed E-state index contributed by atoms with van der Waals surface area (Å²) in [4.78, 5) is 26.3. The number of para-hydroxylation sites is 1. The van der Waals surface area contributed by atoms with Gasteiger partial charge in [0.1, 0.15) is 0 Å². The normalized spacial score (nSPS) is 24.1. The standard InChI is InChI=1S/C18H26N4O3/c23-16-12-19-10-14(16)11-20-17(24)13-6-8-22(9-7-13)18(25)21-15-4-2-1-3-5-15/h1-5,13-14,16,19,23H,6-12H2,(H,20,24)(H,21,25). The monoisotopic (exact) mass is 346 g/mol. The first kappa shape index (κ1) is 17.7. The van der Waals surface area contributed by atoms with Crippen LogP contribution in [0.15, 0.2) is 30.3 Å². The molecule has 2 heterocycles. The van der Waals surface area contributed by atoms with Crippen LogP contribution in [0.2, 0.25) is 0 Å². The maximum absolute atomic E-state index is 12.3. The summed E-state index contributed by atoms with van der Waals surface area (Å²) in [5.41, 5.74) is 0.774. The second-order valence-corrected chi connectivity index (χ2v) is 6.79. The summed E-state index contributed by atoms with van der Waals surface area (Å²) in [6.45, 7) is 2.98. The maximum atomic E-state index is 12.3. The molecule has 2 unspecified atom stereocenters. The van der Waals surface area contributed by atoms with E-state index in [1.54, 1.807) is 4.90 Å². The highest BCUT2D eigenvalue weighted by Crippen LogP contribution is 2.19. The van der Waals surface area contributed by atoms with Gasteiger partial charge in [-0.05, 0) is 25.0 Å². The third kappa shape index (κ3) is 4.70. The smallest absolute Gasteiger partial charge is 0.321 e. The molecule has 0 aromatic heterocycles. The minimum absolute atomic E-state index is 0.0298. The predicted molar refractivity (Wildman–Crippen MR) is 95.1 cm³/mol. The summed E-state index contributed by atoms with van der Waals surface area (Å²) < 4.78 is 0. The van der Waals surface area contributed by atoms with E-state index in [9.17, 15) is 14.7 Å². The minimum Gasteiger partial charge on any atom is -0.391 e. The van der Waals surface area contributed by atoms with Crippen molar-refractivity contribution < 1.29 is 14.7 Å². The summed E-state index contributed by atoms with van der Waals surface area (Å²) >= 11 is 0. The quantitative estimate of drug-likeness (QED) is 0.643. The van der Waals surface area contributed by atoms with E-state index in [4.69, 9.17) is 0 Å². The van der Waals surface area contributed by atoms with Crippen LogP contribution >= 0.6 is 0 Å². The Morgan fingerprint density at radius 2 is 1.88 bits per heavy atom. The van der Waals surface area contributed by atoms with Crippen molar-refractivity contribution in [2.75, 3.05) is 38.0 Å². The van der Waals surface area contributed by atoms with Gasteiger partial charge in [0.15, 0.2) is 0 Å². The Labute approximate surface area is 147 Å². The van der Waals surface area contributed by atoms with Gasteiger partial charge in [-0.25, -0.2) is 4.79 Å². The van der Waals surface area contributed by atoms with E-state index >= 15 is 0 Å². The molecular weight excluding hydrogens is 320 g/mol. The fourth-order valence-electron chi connectivity index (χ4n) is 3.37. The van der Waals surface area contributed by atoms with Gasteiger partial charge in [-0.3, -0.25) is 4.79 Å². The zero-order chi connectivity index (χ0) is 17.6. The summed E-state index contributed by atoms with van der Waals surface area (Å²) in [5.74, 6) is 0.0511. The summed E-state index contributed by atoms with van der Waals surface area (Å²) in [5, 5.41) is 18.7. The Morgan fingerprint density at radius 1 is 1.16 bits per heavy atom. The highest BCUT2D eigenvalue weighted by atomic mass is 16.3. The van der Waals surface area contributed by atoms with Crippen LogP contribution in [-0.2, 0) is 4.79 Å². The molecule has 0 radical (unpaired) electrons. The van der Waals surface area contributed by atoms with Crippen molar-refractivity contribution >= 4 is 17.6 Å². The fourth-order valence-corrected chi connectivity index (χ4v) is 3.37. The zero-order valence-electron chi connectivity index (χ0n) is 14.3. The molecule has 0 saturated carbocycles. The third-order valence-corrected chi connectivity index (χ3v) is 5.02. The lowest BCUT2D eigenvalue weighted by Crippen LogP contribution is -2.45. The van der Waals surface area contributed by atoms with Crippen molar-refractivity contribution in [3.8, 4) is 0 Å². The number of hydrogen-bond acceptors (Lipinski definition) is 4. The van der Waals surface area contributed by atoms with E-state index in [2.05, 4.69) is 16.0 Å². The van der Waals surface area contributed by atoms with Gasteiger partial charge in [-0.1, -0.05) is 18.2 Å². The van der Waals surface area contributed by atoms with Crippen molar-refractivity contribution in [3.05, 3.63) is 30.3 Å². The molecule has 2 saturated heterocycles. The van der Waals surface area contributed by atoms with Crippen LogP contribution in [0.5, 0.6) is 0 Å². The molecule has 4 N–H and O–H groups in total. The van der Waals surface area contributed by atoms with E-state index in [1.807, 2.05) is 30.3 Å². The molecule has 2 atom stereocenters. The molecule has 3 rings (SSSR count). The second-order valence-electron chi connectivity index (χ2n) is 6.79. The molecule has 3 amide bonds. The molecule has 0 aliphatic carbocycles. The number of rotatable bonds is 4. The number of anilines is 1. The molecule has 7 heteroatoms. The number of amides is 3. The van der Waals surface area contributed by atoms with Gasteiger partial charge in [0.25, 0.3) is 0 Å². The van der Waals surface area contributed by atoms with Gasteiger partial charge >= 0.3 is 6.03 Å². The molecule has 1 aromatic carbocycles. The molecule has 0 spiro atoms. The van der Waals surface area contributed by atoms with Crippen LogP contribution in [0.25, 0.3) is 0 Å². The Balaban J connectivity index is 1.40. The fraction of sp³-hybridized carbons (Fsp3) is 0.556. The van der Waals surface area contributed by atoms with E-state index < -0.39 is 0 Å². The van der Waals surface area contributed by atoms with Gasteiger partial charge in [0, 0.05) is 50.2 Å². The number of likely N-dealkylation sites (tertiary alicyclic amines) is 1. The molecule has 2 aliphatic heterocycles. The lowest BCUT2D eigenvalue weighted by Gasteiger charge is -2.31. The van der Waals surface area contributed by atoms with Crippen LogP contribution in [0.3, 0.4) is 0 Å². The van der Waals surface area contributed by atoms with Gasteiger partial charge in [0.05, 0.1) is 6.10 Å². The van der Waals surface area contributed by atoms with E-state index in [1.165, 1.54) is 0 Å². The Hall–Kier alpha value is -2.12. The number of hydrogen-bond donors (Lipinski definition) is 4. The van der Waals surface area contributed by atoms with Gasteiger partial charge in [0.2, 0.25) is 5.91 Å². The summed E-state index contributed by atoms with van der Waals surface area (Å²) in [7, 11) is 0. The van der Waals surface area contributed by atoms with Crippen LogP contribution < -0.4 is 16.0 Å². The van der Waals surface area contributed by atoms with Crippen molar-refractivity contribution in [3.63, 3.8) is 0 Å². The lowest BCUT2D eigenvalue weighted by atomic mass is 9.95. The van der Waals surface area contributed by atoms with Gasteiger partial charge < -0.3 is 26.0 Å². The molecular formula is C18H26N4O3. The summed E-state index contributed by atoms with van der Waals surface area (Å²) in [6, 6.07) is 9.24. The average molecular weight is 346 g/mol. The van der Waals surface area contributed by atoms with Crippen LogP contribution in [0.1, 0.15) is 12.8 Å². The van der Waals surface area contributed by atoms with Crippen LogP contribution in [0.4, 0.5) is 10.5 Å². The predicted octanol–water partition coefficient (Wildman–Crippen LogP) is 0.627. The second kappa shape index (κ2) is 8.31. The first-order chi connectivity index (χ1) is 12.1. The number of piperidine rings is 1. The van der Waals surface area contributed by atoms with Gasteiger partial charge in [-0.15, -0.1) is 0 Å². The first-order valence-electron chi connectivity index (χ1n) is 8.91. The third-order valence-electron chi connectivity index (χ3n) is 5.02. The number of carbonyl (C=O) groups excluding carboxylic acids is 2. The van der Waals surface area contributed by atoms with Crippen LogP contribution in [-0.4, -0.2) is 60.8 Å². The van der Waals surface area contributed by atoms with E-state index in [0.29, 0.717) is 39.0 Å². The number of benzene rings is 1. The highest BCUT2D eigenvalue weighted by Gasteiger charge is 2.29. The number of nitrogens with one attached hydrogen (secondary N) is 3. The van der Waals surface area contributed by atoms with E-state index in [0.717, 1.165) is 12.2 Å². The van der Waals surface area contributed by atoms with Crippen LogP contribution in [0, 0.1) is 11.8 Å². The zero-order valence-corrected chi connectivity index (χ0v) is 14.3.